The van der Waals surface area contributed by atoms with E-state index in [1.165, 1.54) is 7.11 Å². The van der Waals surface area contributed by atoms with Crippen LogP contribution in [0, 0.1) is 0 Å². The second kappa shape index (κ2) is 6.65. The van der Waals surface area contributed by atoms with E-state index in [0.29, 0.717) is 17.6 Å². The van der Waals surface area contributed by atoms with Gasteiger partial charge in [0.2, 0.25) is 0 Å². The number of hydrogen-bond donors (Lipinski definition) is 0. The SMILES string of the molecule is COC(=O)c1ccc(C2=C(F)CN(c3ccccc3)CC2)cc1. The van der Waals surface area contributed by atoms with Crippen molar-refractivity contribution in [3.05, 3.63) is 71.6 Å². The standard InChI is InChI=1S/C19H18FNO2/c1-23-19(22)15-9-7-14(8-10-15)17-11-12-21(13-18(17)20)16-5-3-2-4-6-16/h2-10H,11-13H2,1H3. The van der Waals surface area contributed by atoms with E-state index in [1.807, 2.05) is 35.2 Å². The third-order valence-corrected chi connectivity index (χ3v) is 4.06. The molecule has 0 unspecified atom stereocenters. The molecule has 1 aliphatic rings. The van der Waals surface area contributed by atoms with E-state index in [2.05, 4.69) is 4.74 Å². The minimum absolute atomic E-state index is 0.120. The number of esters is 1. The van der Waals surface area contributed by atoms with Gasteiger partial charge >= 0.3 is 5.97 Å². The highest BCUT2D eigenvalue weighted by molar-refractivity contribution is 5.89. The fraction of sp³-hybridized carbons (Fsp3) is 0.211. The molecule has 0 aliphatic carbocycles. The van der Waals surface area contributed by atoms with Crippen LogP contribution in [0.25, 0.3) is 5.57 Å². The summed E-state index contributed by atoms with van der Waals surface area (Å²) < 4.78 is 19.2. The number of anilines is 1. The summed E-state index contributed by atoms with van der Waals surface area (Å²) in [5.74, 6) is -0.504. The average molecular weight is 311 g/mol. The van der Waals surface area contributed by atoms with E-state index in [4.69, 9.17) is 0 Å². The van der Waals surface area contributed by atoms with Gasteiger partial charge in [0.1, 0.15) is 5.83 Å². The maximum absolute atomic E-state index is 14.5. The molecule has 0 fully saturated rings. The van der Waals surface area contributed by atoms with Crippen molar-refractivity contribution in [2.45, 2.75) is 6.42 Å². The highest BCUT2D eigenvalue weighted by Crippen LogP contribution is 2.30. The van der Waals surface area contributed by atoms with Crippen molar-refractivity contribution >= 4 is 17.2 Å². The number of halogens is 1. The Morgan fingerprint density at radius 1 is 1.09 bits per heavy atom. The van der Waals surface area contributed by atoms with Crippen LogP contribution in [0.2, 0.25) is 0 Å². The Balaban J connectivity index is 1.80. The molecule has 0 saturated heterocycles. The van der Waals surface area contributed by atoms with Gasteiger partial charge in [0.15, 0.2) is 0 Å². The maximum atomic E-state index is 14.5. The fourth-order valence-corrected chi connectivity index (χ4v) is 2.81. The zero-order valence-corrected chi connectivity index (χ0v) is 13.0. The fourth-order valence-electron chi connectivity index (χ4n) is 2.81. The van der Waals surface area contributed by atoms with E-state index in [1.54, 1.807) is 24.3 Å². The van der Waals surface area contributed by atoms with Crippen molar-refractivity contribution in [3.8, 4) is 0 Å². The first-order chi connectivity index (χ1) is 11.2. The molecule has 3 nitrogen and oxygen atoms in total. The second-order valence-corrected chi connectivity index (χ2v) is 5.46. The van der Waals surface area contributed by atoms with Crippen molar-refractivity contribution in [3.63, 3.8) is 0 Å². The summed E-state index contributed by atoms with van der Waals surface area (Å²) in [5, 5.41) is 0. The van der Waals surface area contributed by atoms with Gasteiger partial charge in [0.25, 0.3) is 0 Å². The van der Waals surface area contributed by atoms with Crippen LogP contribution in [0.15, 0.2) is 60.4 Å². The van der Waals surface area contributed by atoms with Crippen LogP contribution < -0.4 is 4.90 Å². The predicted molar refractivity (Wildman–Crippen MR) is 89.1 cm³/mol. The number of para-hydroxylation sites is 1. The number of rotatable bonds is 3. The Labute approximate surface area is 135 Å². The molecule has 0 spiro atoms. The quantitative estimate of drug-likeness (QED) is 0.801. The lowest BCUT2D eigenvalue weighted by Gasteiger charge is -2.29. The highest BCUT2D eigenvalue weighted by Gasteiger charge is 2.20. The summed E-state index contributed by atoms with van der Waals surface area (Å²) in [6, 6.07) is 16.7. The normalized spacial score (nSPS) is 14.8. The molecule has 1 aliphatic heterocycles. The number of methoxy groups -OCH3 is 1. The summed E-state index contributed by atoms with van der Waals surface area (Å²) in [7, 11) is 1.34. The van der Waals surface area contributed by atoms with Gasteiger partial charge in [-0.1, -0.05) is 30.3 Å². The molecule has 23 heavy (non-hydrogen) atoms. The molecule has 118 valence electrons. The molecule has 1 heterocycles. The summed E-state index contributed by atoms with van der Waals surface area (Å²) in [5.41, 5.74) is 3.04. The number of carbonyl (C=O) groups excluding carboxylic acids is 1. The van der Waals surface area contributed by atoms with Gasteiger partial charge in [-0.15, -0.1) is 0 Å². The molecule has 0 radical (unpaired) electrons. The average Bonchev–Trinajstić information content (AvgIpc) is 2.62. The molecule has 0 atom stereocenters. The van der Waals surface area contributed by atoms with Crippen molar-refractivity contribution in [2.75, 3.05) is 25.1 Å². The van der Waals surface area contributed by atoms with Gasteiger partial charge in [-0.3, -0.25) is 0 Å². The molecule has 4 heteroatoms. The van der Waals surface area contributed by atoms with E-state index >= 15 is 0 Å². The zero-order valence-electron chi connectivity index (χ0n) is 13.0. The smallest absolute Gasteiger partial charge is 0.337 e. The van der Waals surface area contributed by atoms with Gasteiger partial charge in [-0.25, -0.2) is 9.18 Å². The summed E-state index contributed by atoms with van der Waals surface area (Å²) in [6.45, 7) is 1.05. The Hall–Kier alpha value is -2.62. The first-order valence-corrected chi connectivity index (χ1v) is 7.55. The monoisotopic (exact) mass is 311 g/mol. The van der Waals surface area contributed by atoms with Gasteiger partial charge in [0, 0.05) is 12.2 Å². The molecule has 2 aromatic rings. The van der Waals surface area contributed by atoms with Crippen molar-refractivity contribution in [1.29, 1.82) is 0 Å². The number of hydrogen-bond acceptors (Lipinski definition) is 3. The Kier molecular flexibility index (Phi) is 4.42. The Morgan fingerprint density at radius 3 is 2.39 bits per heavy atom. The molecule has 0 bridgehead atoms. The molecule has 0 aromatic heterocycles. The Morgan fingerprint density at radius 2 is 1.78 bits per heavy atom. The number of ether oxygens (including phenoxy) is 1. The van der Waals surface area contributed by atoms with Crippen molar-refractivity contribution < 1.29 is 13.9 Å². The van der Waals surface area contributed by atoms with Gasteiger partial charge in [0.05, 0.1) is 19.2 Å². The van der Waals surface area contributed by atoms with Crippen LogP contribution in [-0.4, -0.2) is 26.2 Å². The van der Waals surface area contributed by atoms with Gasteiger partial charge in [-0.2, -0.15) is 0 Å². The lowest BCUT2D eigenvalue weighted by Crippen LogP contribution is -2.30. The van der Waals surface area contributed by atoms with E-state index in [-0.39, 0.29) is 18.3 Å². The van der Waals surface area contributed by atoms with Crippen LogP contribution in [-0.2, 0) is 4.74 Å². The lowest BCUT2D eigenvalue weighted by molar-refractivity contribution is 0.0600. The first kappa shape index (κ1) is 15.3. The van der Waals surface area contributed by atoms with Crippen molar-refractivity contribution in [1.82, 2.24) is 0 Å². The third-order valence-electron chi connectivity index (χ3n) is 4.06. The minimum Gasteiger partial charge on any atom is -0.465 e. The largest absolute Gasteiger partial charge is 0.465 e. The summed E-state index contributed by atoms with van der Waals surface area (Å²) in [4.78, 5) is 13.5. The molecular formula is C19H18FNO2. The highest BCUT2D eigenvalue weighted by atomic mass is 19.1. The van der Waals surface area contributed by atoms with Crippen LogP contribution in [0.3, 0.4) is 0 Å². The van der Waals surface area contributed by atoms with E-state index in [0.717, 1.165) is 17.8 Å². The van der Waals surface area contributed by atoms with Crippen LogP contribution >= 0.6 is 0 Å². The zero-order chi connectivity index (χ0) is 16.2. The molecule has 0 amide bonds. The van der Waals surface area contributed by atoms with E-state index < -0.39 is 0 Å². The van der Waals surface area contributed by atoms with Crippen LogP contribution in [0.5, 0.6) is 0 Å². The molecule has 0 saturated carbocycles. The minimum atomic E-state index is -0.384. The number of carbonyl (C=O) groups is 1. The summed E-state index contributed by atoms with van der Waals surface area (Å²) >= 11 is 0. The lowest BCUT2D eigenvalue weighted by atomic mass is 9.97. The first-order valence-electron chi connectivity index (χ1n) is 7.55. The second-order valence-electron chi connectivity index (χ2n) is 5.46. The van der Waals surface area contributed by atoms with E-state index in [9.17, 15) is 9.18 Å². The molecule has 3 rings (SSSR count). The molecule has 2 aromatic carbocycles. The Bertz CT molecular complexity index is 723. The topological polar surface area (TPSA) is 29.5 Å². The predicted octanol–water partition coefficient (Wildman–Crippen LogP) is 4.06. The number of benzene rings is 2. The molecular weight excluding hydrogens is 293 g/mol. The molecule has 0 N–H and O–H groups in total. The number of nitrogens with zero attached hydrogens (tertiary/aromatic N) is 1. The van der Waals surface area contributed by atoms with Gasteiger partial charge in [-0.05, 0) is 41.8 Å². The van der Waals surface area contributed by atoms with Crippen molar-refractivity contribution in [2.24, 2.45) is 0 Å². The summed E-state index contributed by atoms with van der Waals surface area (Å²) in [6.07, 6.45) is 0.637. The third kappa shape index (κ3) is 3.26. The van der Waals surface area contributed by atoms with Crippen LogP contribution in [0.1, 0.15) is 22.3 Å². The van der Waals surface area contributed by atoms with Gasteiger partial charge < -0.3 is 9.64 Å². The van der Waals surface area contributed by atoms with Crippen LogP contribution in [0.4, 0.5) is 10.1 Å². The maximum Gasteiger partial charge on any atom is 0.337 e.